The molecule has 162 valence electrons. The SMILES string of the molecule is COc1ccc(CC(=O)N2CCC(Cc3nc(-c4ccc(OC)cc4)no3)CC2)cc1. The number of rotatable bonds is 7. The molecule has 0 bridgehead atoms. The quantitative estimate of drug-likeness (QED) is 0.578. The molecule has 1 aliphatic heterocycles. The molecule has 7 nitrogen and oxygen atoms in total. The monoisotopic (exact) mass is 421 g/mol. The Morgan fingerprint density at radius 2 is 1.61 bits per heavy atom. The number of nitrogens with zero attached hydrogens (tertiary/aromatic N) is 3. The van der Waals surface area contributed by atoms with Crippen LogP contribution in [0.3, 0.4) is 0 Å². The summed E-state index contributed by atoms with van der Waals surface area (Å²) in [4.78, 5) is 19.1. The van der Waals surface area contributed by atoms with E-state index >= 15 is 0 Å². The Morgan fingerprint density at radius 3 is 2.23 bits per heavy atom. The summed E-state index contributed by atoms with van der Waals surface area (Å²) in [6.45, 7) is 1.53. The number of amides is 1. The average Bonchev–Trinajstić information content (AvgIpc) is 3.28. The number of hydrogen-bond acceptors (Lipinski definition) is 6. The standard InChI is InChI=1S/C24H27N3O4/c1-29-20-7-3-17(4-8-20)16-23(28)27-13-11-18(12-14-27)15-22-25-24(26-31-22)19-5-9-21(30-2)10-6-19/h3-10,18H,11-16H2,1-2H3. The molecule has 2 aromatic carbocycles. The number of benzene rings is 2. The normalized spacial score (nSPS) is 14.5. The fraction of sp³-hybridized carbons (Fsp3) is 0.375. The van der Waals surface area contributed by atoms with Crippen LogP contribution in [0.25, 0.3) is 11.4 Å². The fourth-order valence-electron chi connectivity index (χ4n) is 3.86. The third-order valence-electron chi connectivity index (χ3n) is 5.76. The first-order valence-electron chi connectivity index (χ1n) is 10.5. The van der Waals surface area contributed by atoms with Crippen molar-refractivity contribution in [1.29, 1.82) is 0 Å². The van der Waals surface area contributed by atoms with Crippen LogP contribution in [0.15, 0.2) is 53.1 Å². The van der Waals surface area contributed by atoms with Gasteiger partial charge in [-0.2, -0.15) is 4.98 Å². The summed E-state index contributed by atoms with van der Waals surface area (Å²) in [5, 5.41) is 4.11. The molecule has 0 atom stereocenters. The second kappa shape index (κ2) is 9.64. The summed E-state index contributed by atoms with van der Waals surface area (Å²) in [6.07, 6.45) is 3.04. The lowest BCUT2D eigenvalue weighted by Gasteiger charge is -2.31. The number of carbonyl (C=O) groups is 1. The van der Waals surface area contributed by atoms with Crippen LogP contribution in [0.5, 0.6) is 11.5 Å². The molecule has 4 rings (SSSR count). The van der Waals surface area contributed by atoms with Gasteiger partial charge < -0.3 is 18.9 Å². The van der Waals surface area contributed by atoms with E-state index in [1.165, 1.54) is 0 Å². The van der Waals surface area contributed by atoms with Crippen LogP contribution >= 0.6 is 0 Å². The minimum absolute atomic E-state index is 0.170. The Balaban J connectivity index is 1.27. The van der Waals surface area contributed by atoms with E-state index in [9.17, 15) is 4.79 Å². The van der Waals surface area contributed by atoms with Crippen LogP contribution in [0.2, 0.25) is 0 Å². The first-order valence-corrected chi connectivity index (χ1v) is 10.5. The Hall–Kier alpha value is -3.35. The number of hydrogen-bond donors (Lipinski definition) is 0. The molecule has 0 saturated carbocycles. The van der Waals surface area contributed by atoms with Gasteiger partial charge in [-0.25, -0.2) is 0 Å². The van der Waals surface area contributed by atoms with Gasteiger partial charge in [0.2, 0.25) is 17.6 Å². The molecule has 3 aromatic rings. The maximum Gasteiger partial charge on any atom is 0.227 e. The summed E-state index contributed by atoms with van der Waals surface area (Å²) in [6, 6.07) is 15.3. The van der Waals surface area contributed by atoms with E-state index < -0.39 is 0 Å². The molecular weight excluding hydrogens is 394 g/mol. The molecule has 1 aliphatic rings. The zero-order chi connectivity index (χ0) is 21.6. The molecule has 2 heterocycles. The van der Waals surface area contributed by atoms with Crippen LogP contribution in [0, 0.1) is 5.92 Å². The van der Waals surface area contributed by atoms with E-state index in [-0.39, 0.29) is 5.91 Å². The molecule has 0 spiro atoms. The number of piperidine rings is 1. The van der Waals surface area contributed by atoms with Crippen molar-refractivity contribution in [3.63, 3.8) is 0 Å². The van der Waals surface area contributed by atoms with Crippen molar-refractivity contribution in [2.45, 2.75) is 25.7 Å². The third-order valence-corrected chi connectivity index (χ3v) is 5.76. The molecule has 1 fully saturated rings. The van der Waals surface area contributed by atoms with Crippen molar-refractivity contribution >= 4 is 5.91 Å². The Morgan fingerprint density at radius 1 is 1.00 bits per heavy atom. The first-order chi connectivity index (χ1) is 15.1. The molecule has 31 heavy (non-hydrogen) atoms. The van der Waals surface area contributed by atoms with Crippen LogP contribution in [-0.2, 0) is 17.6 Å². The van der Waals surface area contributed by atoms with Crippen molar-refractivity contribution in [2.75, 3.05) is 27.3 Å². The van der Waals surface area contributed by atoms with Crippen molar-refractivity contribution < 1.29 is 18.8 Å². The van der Waals surface area contributed by atoms with E-state index in [4.69, 9.17) is 14.0 Å². The number of carbonyl (C=O) groups excluding carboxylic acids is 1. The maximum atomic E-state index is 12.6. The molecule has 0 unspecified atom stereocenters. The lowest BCUT2D eigenvalue weighted by molar-refractivity contribution is -0.131. The third kappa shape index (κ3) is 5.23. The first kappa shape index (κ1) is 20.9. The molecule has 1 amide bonds. The summed E-state index contributed by atoms with van der Waals surface area (Å²) in [5.74, 6) is 3.44. The minimum atomic E-state index is 0.170. The largest absolute Gasteiger partial charge is 0.497 e. The van der Waals surface area contributed by atoms with Crippen molar-refractivity contribution in [1.82, 2.24) is 15.0 Å². The number of methoxy groups -OCH3 is 2. The Labute approximate surface area is 182 Å². The molecule has 0 aliphatic carbocycles. The number of ether oxygens (including phenoxy) is 2. The van der Waals surface area contributed by atoms with Crippen LogP contribution < -0.4 is 9.47 Å². The van der Waals surface area contributed by atoms with E-state index in [1.54, 1.807) is 14.2 Å². The topological polar surface area (TPSA) is 77.7 Å². The smallest absolute Gasteiger partial charge is 0.227 e. The van der Waals surface area contributed by atoms with Crippen molar-refractivity contribution in [2.24, 2.45) is 5.92 Å². The van der Waals surface area contributed by atoms with E-state index in [0.717, 1.165) is 55.0 Å². The second-order valence-electron chi connectivity index (χ2n) is 7.79. The molecule has 0 N–H and O–H groups in total. The van der Waals surface area contributed by atoms with Crippen molar-refractivity contribution in [3.05, 3.63) is 60.0 Å². The zero-order valence-electron chi connectivity index (χ0n) is 17.9. The van der Waals surface area contributed by atoms with Gasteiger partial charge >= 0.3 is 0 Å². The van der Waals surface area contributed by atoms with Crippen molar-refractivity contribution in [3.8, 4) is 22.9 Å². The van der Waals surface area contributed by atoms with E-state index in [2.05, 4.69) is 10.1 Å². The lowest BCUT2D eigenvalue weighted by Crippen LogP contribution is -2.39. The second-order valence-corrected chi connectivity index (χ2v) is 7.79. The summed E-state index contributed by atoms with van der Waals surface area (Å²) in [5.41, 5.74) is 1.90. The van der Waals surface area contributed by atoms with Crippen LogP contribution in [-0.4, -0.2) is 48.3 Å². The lowest BCUT2D eigenvalue weighted by atomic mass is 9.93. The highest BCUT2D eigenvalue weighted by Gasteiger charge is 2.24. The Kier molecular flexibility index (Phi) is 6.50. The van der Waals surface area contributed by atoms with Gasteiger partial charge in [0, 0.05) is 25.1 Å². The van der Waals surface area contributed by atoms with Gasteiger partial charge in [-0.1, -0.05) is 17.3 Å². The summed E-state index contributed by atoms with van der Waals surface area (Å²) < 4.78 is 15.8. The molecule has 0 radical (unpaired) electrons. The van der Waals surface area contributed by atoms with Gasteiger partial charge in [0.25, 0.3) is 0 Å². The van der Waals surface area contributed by atoms with Crippen LogP contribution in [0.4, 0.5) is 0 Å². The average molecular weight is 421 g/mol. The van der Waals surface area contributed by atoms with Gasteiger partial charge in [0.1, 0.15) is 11.5 Å². The van der Waals surface area contributed by atoms with Crippen LogP contribution in [0.1, 0.15) is 24.3 Å². The highest BCUT2D eigenvalue weighted by molar-refractivity contribution is 5.78. The minimum Gasteiger partial charge on any atom is -0.497 e. The highest BCUT2D eigenvalue weighted by atomic mass is 16.5. The van der Waals surface area contributed by atoms with E-state index in [1.807, 2.05) is 53.4 Å². The predicted octanol–water partition coefficient (Wildman–Crippen LogP) is 3.78. The molecule has 1 aromatic heterocycles. The highest BCUT2D eigenvalue weighted by Crippen LogP contribution is 2.24. The van der Waals surface area contributed by atoms with Gasteiger partial charge in [-0.05, 0) is 60.7 Å². The Bertz CT molecular complexity index is 990. The fourth-order valence-corrected chi connectivity index (χ4v) is 3.86. The van der Waals surface area contributed by atoms with Gasteiger partial charge in [0.15, 0.2) is 0 Å². The number of aromatic nitrogens is 2. The predicted molar refractivity (Wildman–Crippen MR) is 116 cm³/mol. The van der Waals surface area contributed by atoms with Gasteiger partial charge in [-0.15, -0.1) is 0 Å². The summed E-state index contributed by atoms with van der Waals surface area (Å²) in [7, 11) is 3.28. The van der Waals surface area contributed by atoms with Gasteiger partial charge in [0.05, 0.1) is 20.6 Å². The summed E-state index contributed by atoms with van der Waals surface area (Å²) >= 11 is 0. The molecule has 7 heteroatoms. The zero-order valence-corrected chi connectivity index (χ0v) is 17.9. The molecular formula is C24H27N3O4. The maximum absolute atomic E-state index is 12.6. The molecule has 1 saturated heterocycles. The van der Waals surface area contributed by atoms with Gasteiger partial charge in [-0.3, -0.25) is 4.79 Å². The number of likely N-dealkylation sites (tertiary alicyclic amines) is 1. The van der Waals surface area contributed by atoms with E-state index in [0.29, 0.717) is 24.1 Å².